The van der Waals surface area contributed by atoms with Crippen molar-refractivity contribution in [1.82, 2.24) is 5.32 Å². The fourth-order valence-corrected chi connectivity index (χ4v) is 5.52. The lowest BCUT2D eigenvalue weighted by Gasteiger charge is -2.62. The fourth-order valence-electron chi connectivity index (χ4n) is 5.52. The van der Waals surface area contributed by atoms with Gasteiger partial charge in [-0.15, -0.1) is 0 Å². The van der Waals surface area contributed by atoms with Gasteiger partial charge in [0.2, 0.25) is 0 Å². The molecule has 1 saturated heterocycles. The smallest absolute Gasteiger partial charge is 0.408 e. The lowest BCUT2D eigenvalue weighted by atomic mass is 9.50. The molecule has 2 unspecified atom stereocenters. The minimum Gasteiger partial charge on any atom is -0.444 e. The maximum atomic E-state index is 12.3. The van der Waals surface area contributed by atoms with Gasteiger partial charge in [-0.3, -0.25) is 0 Å². The van der Waals surface area contributed by atoms with Gasteiger partial charge in [0, 0.05) is 17.4 Å². The third-order valence-corrected chi connectivity index (χ3v) is 5.83. The van der Waals surface area contributed by atoms with E-state index in [1.54, 1.807) is 0 Å². The van der Waals surface area contributed by atoms with Gasteiger partial charge < -0.3 is 19.5 Å². The first-order valence-corrected chi connectivity index (χ1v) is 8.59. The van der Waals surface area contributed by atoms with Crippen LogP contribution in [0, 0.1) is 17.8 Å². The van der Waals surface area contributed by atoms with Crippen LogP contribution in [0.3, 0.4) is 0 Å². The molecule has 1 spiro atoms. The molecule has 22 heavy (non-hydrogen) atoms. The largest absolute Gasteiger partial charge is 0.444 e. The number of nitrogens with one attached hydrogen (secondary N) is 1. The second-order valence-electron chi connectivity index (χ2n) is 8.67. The Kier molecular flexibility index (Phi) is 3.09. The Labute approximate surface area is 132 Å². The number of amides is 1. The van der Waals surface area contributed by atoms with Crippen LogP contribution in [0.5, 0.6) is 0 Å². The third kappa shape index (κ3) is 2.24. The molecule has 1 amide bonds. The molecular weight excluding hydrogens is 282 g/mol. The van der Waals surface area contributed by atoms with Crippen LogP contribution in [0.15, 0.2) is 0 Å². The Balaban J connectivity index is 1.52. The summed E-state index contributed by atoms with van der Waals surface area (Å²) in [5.74, 6) is 1.16. The van der Waals surface area contributed by atoms with E-state index in [2.05, 4.69) is 5.32 Å². The molecule has 5 heteroatoms. The number of hydrogen-bond acceptors (Lipinski definition) is 4. The van der Waals surface area contributed by atoms with E-state index >= 15 is 0 Å². The Morgan fingerprint density at radius 2 is 1.68 bits per heavy atom. The van der Waals surface area contributed by atoms with Gasteiger partial charge in [0.05, 0.1) is 13.2 Å². The van der Waals surface area contributed by atoms with Gasteiger partial charge in [-0.05, 0) is 58.8 Å². The molecule has 4 aliphatic carbocycles. The molecule has 4 atom stereocenters. The molecule has 1 N–H and O–H groups in total. The van der Waals surface area contributed by atoms with Crippen molar-refractivity contribution >= 4 is 6.09 Å². The Morgan fingerprint density at radius 3 is 2.23 bits per heavy atom. The first kappa shape index (κ1) is 14.8. The monoisotopic (exact) mass is 309 g/mol. The van der Waals surface area contributed by atoms with Crippen LogP contribution < -0.4 is 5.32 Å². The highest BCUT2D eigenvalue weighted by Crippen LogP contribution is 2.62. The molecule has 5 rings (SSSR count). The van der Waals surface area contributed by atoms with E-state index in [1.807, 2.05) is 20.8 Å². The molecule has 5 fully saturated rings. The van der Waals surface area contributed by atoms with Gasteiger partial charge in [0.25, 0.3) is 0 Å². The topological polar surface area (TPSA) is 56.8 Å². The minimum absolute atomic E-state index is 0.112. The summed E-state index contributed by atoms with van der Waals surface area (Å²) in [5.41, 5.74) is -0.565. The van der Waals surface area contributed by atoms with Crippen LogP contribution in [0.1, 0.15) is 52.9 Å². The standard InChI is InChI=1S/C17H27NO4/c1-15(2,3)22-14(19)18-16-8-11-6-12(9-16)17(13(7-11)10-16)20-4-5-21-17/h11-13H,4-10H2,1-3H3,(H,18,19)/t11?,12-,13+,16?. The van der Waals surface area contributed by atoms with E-state index in [9.17, 15) is 4.79 Å². The van der Waals surface area contributed by atoms with Crippen molar-refractivity contribution < 1.29 is 19.0 Å². The van der Waals surface area contributed by atoms with Crippen LogP contribution in [-0.2, 0) is 14.2 Å². The molecule has 0 aromatic rings. The fraction of sp³-hybridized carbons (Fsp3) is 0.941. The molecular formula is C17H27NO4. The van der Waals surface area contributed by atoms with Gasteiger partial charge in [-0.25, -0.2) is 4.79 Å². The molecule has 0 aromatic carbocycles. The summed E-state index contributed by atoms with van der Waals surface area (Å²) in [6, 6.07) is 0. The molecule has 1 heterocycles. The first-order chi connectivity index (χ1) is 10.3. The zero-order valence-electron chi connectivity index (χ0n) is 13.8. The van der Waals surface area contributed by atoms with Gasteiger partial charge in [-0.2, -0.15) is 0 Å². The molecule has 0 radical (unpaired) electrons. The molecule has 5 nitrogen and oxygen atoms in total. The van der Waals surface area contributed by atoms with Crippen molar-refractivity contribution in [3.63, 3.8) is 0 Å². The molecule has 4 bridgehead atoms. The summed E-state index contributed by atoms with van der Waals surface area (Å²) in [4.78, 5) is 12.3. The average Bonchev–Trinajstić information content (AvgIpc) is 2.82. The number of hydrogen-bond donors (Lipinski definition) is 1. The van der Waals surface area contributed by atoms with Crippen LogP contribution in [0.4, 0.5) is 4.79 Å². The second kappa shape index (κ2) is 4.60. The van der Waals surface area contributed by atoms with E-state index in [0.717, 1.165) is 19.3 Å². The van der Waals surface area contributed by atoms with Crippen LogP contribution >= 0.6 is 0 Å². The molecule has 4 saturated carbocycles. The Bertz CT molecular complexity index is 460. The maximum absolute atomic E-state index is 12.3. The van der Waals surface area contributed by atoms with Crippen LogP contribution in [0.2, 0.25) is 0 Å². The van der Waals surface area contributed by atoms with E-state index in [0.29, 0.717) is 31.0 Å². The number of carbonyl (C=O) groups is 1. The summed E-state index contributed by atoms with van der Waals surface area (Å²) in [6.45, 7) is 7.14. The highest BCUT2D eigenvalue weighted by Gasteiger charge is 2.65. The summed E-state index contributed by atoms with van der Waals surface area (Å²) >= 11 is 0. The van der Waals surface area contributed by atoms with Gasteiger partial charge in [-0.1, -0.05) is 0 Å². The molecule has 1 aliphatic heterocycles. The van der Waals surface area contributed by atoms with Crippen molar-refractivity contribution in [3.8, 4) is 0 Å². The van der Waals surface area contributed by atoms with E-state index in [1.165, 1.54) is 12.8 Å². The highest BCUT2D eigenvalue weighted by molar-refractivity contribution is 5.69. The van der Waals surface area contributed by atoms with E-state index < -0.39 is 5.60 Å². The normalized spacial score (nSPS) is 41.9. The SMILES string of the molecule is CC(C)(C)OC(=O)NC12CC3C[C@H](C1)C1(OCCO1)[C@@H](C3)C2. The summed E-state index contributed by atoms with van der Waals surface area (Å²) < 4.78 is 17.6. The number of alkyl carbamates (subject to hydrolysis) is 1. The minimum atomic E-state index is -0.453. The predicted molar refractivity (Wildman–Crippen MR) is 80.3 cm³/mol. The van der Waals surface area contributed by atoms with Crippen molar-refractivity contribution in [2.75, 3.05) is 13.2 Å². The van der Waals surface area contributed by atoms with Crippen LogP contribution in [0.25, 0.3) is 0 Å². The average molecular weight is 309 g/mol. The third-order valence-electron chi connectivity index (χ3n) is 5.83. The molecule has 5 aliphatic rings. The van der Waals surface area contributed by atoms with Crippen LogP contribution in [-0.4, -0.2) is 36.2 Å². The number of rotatable bonds is 1. The van der Waals surface area contributed by atoms with E-state index in [4.69, 9.17) is 14.2 Å². The zero-order valence-corrected chi connectivity index (χ0v) is 13.8. The summed E-state index contributed by atoms with van der Waals surface area (Å²) in [5, 5.41) is 3.22. The first-order valence-electron chi connectivity index (χ1n) is 8.59. The second-order valence-corrected chi connectivity index (χ2v) is 8.67. The number of carbonyl (C=O) groups excluding carboxylic acids is 1. The van der Waals surface area contributed by atoms with Crippen molar-refractivity contribution in [2.24, 2.45) is 17.8 Å². The Hall–Kier alpha value is -0.810. The van der Waals surface area contributed by atoms with E-state index in [-0.39, 0.29) is 17.4 Å². The zero-order chi connectivity index (χ0) is 15.6. The van der Waals surface area contributed by atoms with Crippen molar-refractivity contribution in [3.05, 3.63) is 0 Å². The van der Waals surface area contributed by atoms with Gasteiger partial charge in [0.1, 0.15) is 5.60 Å². The number of ether oxygens (including phenoxy) is 3. The molecule has 0 aromatic heterocycles. The highest BCUT2D eigenvalue weighted by atomic mass is 16.7. The summed E-state index contributed by atoms with van der Waals surface area (Å²) in [6.07, 6.45) is 5.06. The summed E-state index contributed by atoms with van der Waals surface area (Å²) in [7, 11) is 0. The van der Waals surface area contributed by atoms with Crippen molar-refractivity contribution in [2.45, 2.75) is 69.8 Å². The van der Waals surface area contributed by atoms with Gasteiger partial charge in [0.15, 0.2) is 5.79 Å². The predicted octanol–water partition coefficient (Wildman–Crippen LogP) is 2.83. The molecule has 124 valence electrons. The van der Waals surface area contributed by atoms with Crippen molar-refractivity contribution in [1.29, 1.82) is 0 Å². The maximum Gasteiger partial charge on any atom is 0.408 e. The lowest BCUT2D eigenvalue weighted by molar-refractivity contribution is -0.293. The quantitative estimate of drug-likeness (QED) is 0.809. The Morgan fingerprint density at radius 1 is 1.09 bits per heavy atom. The van der Waals surface area contributed by atoms with Gasteiger partial charge >= 0.3 is 6.09 Å². The lowest BCUT2D eigenvalue weighted by Crippen LogP contribution is -2.68.